The summed E-state index contributed by atoms with van der Waals surface area (Å²) in [6.07, 6.45) is 0. The van der Waals surface area contributed by atoms with E-state index in [1.54, 1.807) is 6.07 Å². The van der Waals surface area contributed by atoms with Gasteiger partial charge in [0.25, 0.3) is 0 Å². The molecule has 1 saturated heterocycles. The topological polar surface area (TPSA) is 56.3 Å². The van der Waals surface area contributed by atoms with Gasteiger partial charge in [-0.15, -0.1) is 0 Å². The first-order chi connectivity index (χ1) is 8.11. The summed E-state index contributed by atoms with van der Waals surface area (Å²) in [6.45, 7) is 5.27. The predicted octanol–water partition coefficient (Wildman–Crippen LogP) is 1.28. The smallest absolute Gasteiger partial charge is 0.0992 e. The Morgan fingerprint density at radius 3 is 2.76 bits per heavy atom. The van der Waals surface area contributed by atoms with E-state index in [1.165, 1.54) is 0 Å². The number of nitrogens with zero attached hydrogens (tertiary/aromatic N) is 3. The second-order valence-electron chi connectivity index (χ2n) is 4.69. The van der Waals surface area contributed by atoms with Crippen molar-refractivity contribution in [3.63, 3.8) is 0 Å². The Bertz CT molecular complexity index is 449. The Kier molecular flexibility index (Phi) is 3.21. The van der Waals surface area contributed by atoms with Gasteiger partial charge in [-0.1, -0.05) is 0 Å². The van der Waals surface area contributed by atoms with Gasteiger partial charge in [-0.2, -0.15) is 5.26 Å². The largest absolute Gasteiger partial charge is 0.397 e. The second-order valence-corrected chi connectivity index (χ2v) is 4.69. The molecule has 0 aromatic heterocycles. The van der Waals surface area contributed by atoms with E-state index in [2.05, 4.69) is 29.8 Å². The van der Waals surface area contributed by atoms with Gasteiger partial charge in [0.05, 0.1) is 23.0 Å². The second kappa shape index (κ2) is 4.64. The van der Waals surface area contributed by atoms with E-state index in [1.807, 2.05) is 12.1 Å². The fraction of sp³-hybridized carbons (Fsp3) is 0.462. The third-order valence-electron chi connectivity index (χ3n) is 3.30. The van der Waals surface area contributed by atoms with Crippen molar-refractivity contribution in [2.24, 2.45) is 0 Å². The average Bonchev–Trinajstić information content (AvgIpc) is 2.30. The van der Waals surface area contributed by atoms with Crippen LogP contribution in [0.1, 0.15) is 12.5 Å². The van der Waals surface area contributed by atoms with Crippen molar-refractivity contribution in [3.8, 4) is 6.07 Å². The van der Waals surface area contributed by atoms with Gasteiger partial charge in [0.15, 0.2) is 0 Å². The quantitative estimate of drug-likeness (QED) is 0.738. The highest BCUT2D eigenvalue weighted by Gasteiger charge is 2.22. The molecule has 1 heterocycles. The summed E-state index contributed by atoms with van der Waals surface area (Å²) in [7, 11) is 2.13. The maximum absolute atomic E-state index is 8.82. The Balaban J connectivity index is 2.25. The molecule has 1 fully saturated rings. The van der Waals surface area contributed by atoms with Gasteiger partial charge in [0, 0.05) is 25.7 Å². The van der Waals surface area contributed by atoms with Gasteiger partial charge < -0.3 is 15.5 Å². The summed E-state index contributed by atoms with van der Waals surface area (Å²) in [6, 6.07) is 8.09. The number of hydrogen-bond donors (Lipinski definition) is 1. The minimum absolute atomic E-state index is 0.448. The summed E-state index contributed by atoms with van der Waals surface area (Å²) in [5, 5.41) is 8.82. The average molecular weight is 230 g/mol. The number of rotatable bonds is 1. The molecule has 0 saturated carbocycles. The van der Waals surface area contributed by atoms with Gasteiger partial charge in [-0.05, 0) is 32.2 Å². The van der Waals surface area contributed by atoms with Crippen LogP contribution in [-0.2, 0) is 0 Å². The number of nitrogens with two attached hydrogens (primary N) is 1. The fourth-order valence-corrected chi connectivity index (χ4v) is 2.38. The van der Waals surface area contributed by atoms with Crippen molar-refractivity contribution < 1.29 is 0 Å². The molecule has 2 rings (SSSR count). The lowest BCUT2D eigenvalue weighted by Gasteiger charge is -2.40. The Morgan fingerprint density at radius 2 is 2.18 bits per heavy atom. The van der Waals surface area contributed by atoms with Crippen molar-refractivity contribution in [2.75, 3.05) is 37.3 Å². The van der Waals surface area contributed by atoms with Crippen LogP contribution < -0.4 is 10.6 Å². The minimum atomic E-state index is 0.448. The van der Waals surface area contributed by atoms with Crippen LogP contribution in [0.4, 0.5) is 11.4 Å². The van der Waals surface area contributed by atoms with Crippen LogP contribution in [-0.4, -0.2) is 37.6 Å². The third kappa shape index (κ3) is 2.34. The number of hydrogen-bond acceptors (Lipinski definition) is 4. The minimum Gasteiger partial charge on any atom is -0.397 e. The molecule has 4 heteroatoms. The maximum Gasteiger partial charge on any atom is 0.0992 e. The highest BCUT2D eigenvalue weighted by atomic mass is 15.3. The van der Waals surface area contributed by atoms with E-state index in [4.69, 9.17) is 11.0 Å². The normalized spacial score (nSPS) is 21.2. The summed E-state index contributed by atoms with van der Waals surface area (Å²) in [5.74, 6) is 0. The molecule has 17 heavy (non-hydrogen) atoms. The molecule has 0 radical (unpaired) electrons. The van der Waals surface area contributed by atoms with Gasteiger partial charge in [-0.3, -0.25) is 0 Å². The first kappa shape index (κ1) is 11.7. The molecule has 1 atom stereocenters. The number of likely N-dealkylation sites (N-methyl/N-ethyl adjacent to an activating group) is 1. The SMILES string of the molecule is CC1CN(C)CCN1c1ccc(C#N)cc1N. The number of nitriles is 1. The molecule has 2 N–H and O–H groups in total. The molecule has 1 aliphatic rings. The van der Waals surface area contributed by atoms with Crippen LogP contribution in [0.3, 0.4) is 0 Å². The predicted molar refractivity (Wildman–Crippen MR) is 69.9 cm³/mol. The summed E-state index contributed by atoms with van der Waals surface area (Å²) in [5.41, 5.74) is 8.38. The molecule has 4 nitrogen and oxygen atoms in total. The Morgan fingerprint density at radius 1 is 1.41 bits per heavy atom. The lowest BCUT2D eigenvalue weighted by Crippen LogP contribution is -2.50. The summed E-state index contributed by atoms with van der Waals surface area (Å²) < 4.78 is 0. The van der Waals surface area contributed by atoms with Crippen LogP contribution in [0.15, 0.2) is 18.2 Å². The summed E-state index contributed by atoms with van der Waals surface area (Å²) in [4.78, 5) is 4.64. The molecular weight excluding hydrogens is 212 g/mol. The van der Waals surface area contributed by atoms with E-state index in [-0.39, 0.29) is 0 Å². The molecule has 0 spiro atoms. The van der Waals surface area contributed by atoms with Crippen LogP contribution in [0.25, 0.3) is 0 Å². The number of nitrogen functional groups attached to an aromatic ring is 1. The number of piperazine rings is 1. The van der Waals surface area contributed by atoms with Crippen molar-refractivity contribution >= 4 is 11.4 Å². The molecule has 0 bridgehead atoms. The third-order valence-corrected chi connectivity index (χ3v) is 3.30. The fourth-order valence-electron chi connectivity index (χ4n) is 2.38. The molecule has 0 aliphatic carbocycles. The van der Waals surface area contributed by atoms with E-state index >= 15 is 0 Å². The van der Waals surface area contributed by atoms with Gasteiger partial charge in [-0.25, -0.2) is 0 Å². The standard InChI is InChI=1S/C13H18N4/c1-10-9-16(2)5-6-17(10)13-4-3-11(8-14)7-12(13)15/h3-4,7,10H,5-6,9,15H2,1-2H3. The Hall–Kier alpha value is -1.73. The summed E-state index contributed by atoms with van der Waals surface area (Å²) >= 11 is 0. The van der Waals surface area contributed by atoms with Gasteiger partial charge in [0.2, 0.25) is 0 Å². The molecule has 1 unspecified atom stereocenters. The maximum atomic E-state index is 8.82. The molecule has 1 aromatic rings. The number of benzene rings is 1. The first-order valence-electron chi connectivity index (χ1n) is 5.86. The van der Waals surface area contributed by atoms with Crippen LogP contribution in [0.5, 0.6) is 0 Å². The Labute approximate surface area is 102 Å². The van der Waals surface area contributed by atoms with Crippen molar-refractivity contribution in [3.05, 3.63) is 23.8 Å². The number of anilines is 2. The molecule has 0 amide bonds. The highest BCUT2D eigenvalue weighted by molar-refractivity contribution is 5.70. The van der Waals surface area contributed by atoms with Crippen LogP contribution in [0, 0.1) is 11.3 Å². The lowest BCUT2D eigenvalue weighted by molar-refractivity contribution is 0.276. The molecule has 1 aromatic carbocycles. The lowest BCUT2D eigenvalue weighted by atomic mass is 10.1. The van der Waals surface area contributed by atoms with Crippen molar-refractivity contribution in [2.45, 2.75) is 13.0 Å². The van der Waals surface area contributed by atoms with E-state index in [9.17, 15) is 0 Å². The molecule has 90 valence electrons. The van der Waals surface area contributed by atoms with E-state index < -0.39 is 0 Å². The zero-order valence-electron chi connectivity index (χ0n) is 10.3. The van der Waals surface area contributed by atoms with Crippen molar-refractivity contribution in [1.82, 2.24) is 4.90 Å². The van der Waals surface area contributed by atoms with E-state index in [0.717, 1.165) is 25.3 Å². The monoisotopic (exact) mass is 230 g/mol. The zero-order chi connectivity index (χ0) is 12.4. The highest BCUT2D eigenvalue weighted by Crippen LogP contribution is 2.27. The zero-order valence-corrected chi connectivity index (χ0v) is 10.3. The van der Waals surface area contributed by atoms with Crippen LogP contribution in [0.2, 0.25) is 0 Å². The van der Waals surface area contributed by atoms with E-state index in [0.29, 0.717) is 17.3 Å². The first-order valence-corrected chi connectivity index (χ1v) is 5.86. The van der Waals surface area contributed by atoms with Crippen molar-refractivity contribution in [1.29, 1.82) is 5.26 Å². The van der Waals surface area contributed by atoms with Crippen LogP contribution >= 0.6 is 0 Å². The van der Waals surface area contributed by atoms with Gasteiger partial charge >= 0.3 is 0 Å². The van der Waals surface area contributed by atoms with Gasteiger partial charge in [0.1, 0.15) is 0 Å². The molecule has 1 aliphatic heterocycles. The molecular formula is C13H18N4.